The summed E-state index contributed by atoms with van der Waals surface area (Å²) in [5.41, 5.74) is 7.30. The maximum absolute atomic E-state index is 13.4. The number of carbonyl (C=O) groups is 4. The molecule has 0 radical (unpaired) electrons. The van der Waals surface area contributed by atoms with Crippen LogP contribution in [0.1, 0.15) is 64.5 Å². The number of hydrogen-bond acceptors (Lipinski definition) is 8. The highest BCUT2D eigenvalue weighted by atomic mass is 16.5. The maximum atomic E-state index is 13.4. The molecule has 0 bridgehead atoms. The van der Waals surface area contributed by atoms with Gasteiger partial charge in [-0.3, -0.25) is 19.7 Å². The van der Waals surface area contributed by atoms with Crippen molar-refractivity contribution >= 4 is 29.7 Å². The summed E-state index contributed by atoms with van der Waals surface area (Å²) in [5.74, 6) is -0.596. The van der Waals surface area contributed by atoms with Crippen molar-refractivity contribution in [2.24, 2.45) is 16.6 Å². The molecule has 0 saturated carbocycles. The molecule has 228 valence electrons. The zero-order chi connectivity index (χ0) is 30.2. The van der Waals surface area contributed by atoms with Gasteiger partial charge < -0.3 is 30.2 Å². The fourth-order valence-corrected chi connectivity index (χ4v) is 4.42. The monoisotopic (exact) mass is 575 g/mol. The van der Waals surface area contributed by atoms with E-state index < -0.39 is 24.1 Å². The largest absolute Gasteiger partial charge is 0.465 e. The molecule has 1 aliphatic heterocycles. The molecule has 1 aromatic carbocycles. The molecule has 0 spiro atoms. The number of esters is 1. The van der Waals surface area contributed by atoms with Crippen LogP contribution in [-0.4, -0.2) is 86.2 Å². The van der Waals surface area contributed by atoms with Crippen molar-refractivity contribution < 1.29 is 33.4 Å². The summed E-state index contributed by atoms with van der Waals surface area (Å²) in [4.78, 5) is 55.5. The third-order valence-corrected chi connectivity index (χ3v) is 6.43. The van der Waals surface area contributed by atoms with Gasteiger partial charge in [0.15, 0.2) is 0 Å². The minimum absolute atomic E-state index is 0.0306. The highest BCUT2D eigenvalue weighted by Gasteiger charge is 2.37. The van der Waals surface area contributed by atoms with Gasteiger partial charge in [0.2, 0.25) is 11.8 Å². The van der Waals surface area contributed by atoms with E-state index in [1.54, 1.807) is 36.1 Å². The molecule has 12 nitrogen and oxygen atoms in total. The molecule has 2 atom stereocenters. The first-order chi connectivity index (χ1) is 19.7. The molecular formula is C29H45N5O7. The third-order valence-electron chi connectivity index (χ3n) is 6.43. The number of nitrogens with one attached hydrogen (secondary N) is 2. The molecule has 1 heterocycles. The van der Waals surface area contributed by atoms with Gasteiger partial charge in [-0.05, 0) is 44.6 Å². The van der Waals surface area contributed by atoms with Gasteiger partial charge in [0.1, 0.15) is 11.9 Å². The van der Waals surface area contributed by atoms with Crippen LogP contribution in [0.25, 0.3) is 0 Å². The van der Waals surface area contributed by atoms with E-state index in [0.29, 0.717) is 44.6 Å². The second kappa shape index (κ2) is 18.0. The molecule has 41 heavy (non-hydrogen) atoms. The van der Waals surface area contributed by atoms with Gasteiger partial charge in [0.05, 0.1) is 25.8 Å². The topological polar surface area (TPSA) is 162 Å². The first-order valence-corrected chi connectivity index (χ1v) is 14.3. The van der Waals surface area contributed by atoms with Crippen molar-refractivity contribution in [3.05, 3.63) is 35.4 Å². The summed E-state index contributed by atoms with van der Waals surface area (Å²) < 4.78 is 15.2. The zero-order valence-electron chi connectivity index (χ0n) is 24.6. The summed E-state index contributed by atoms with van der Waals surface area (Å²) >= 11 is 0. The number of rotatable bonds is 16. The molecule has 1 fully saturated rings. The molecule has 0 unspecified atom stereocenters. The van der Waals surface area contributed by atoms with Crippen molar-refractivity contribution in [2.75, 3.05) is 39.5 Å². The van der Waals surface area contributed by atoms with Crippen molar-refractivity contribution in [2.45, 2.75) is 72.0 Å². The van der Waals surface area contributed by atoms with Crippen LogP contribution >= 0.6 is 0 Å². The molecule has 0 aliphatic carbocycles. The number of nitrogens with zero attached hydrogens (tertiary/aromatic N) is 2. The van der Waals surface area contributed by atoms with Gasteiger partial charge in [0.25, 0.3) is 0 Å². The Morgan fingerprint density at radius 1 is 1.07 bits per heavy atom. The van der Waals surface area contributed by atoms with Crippen LogP contribution in [0, 0.1) is 5.92 Å². The van der Waals surface area contributed by atoms with Crippen LogP contribution in [0.3, 0.4) is 0 Å². The Bertz CT molecular complexity index is 1030. The number of hydrogen-bond donors (Lipinski definition) is 3. The first kappa shape index (κ1) is 33.7. The molecule has 1 aromatic rings. The Balaban J connectivity index is 1.91. The minimum Gasteiger partial charge on any atom is -0.465 e. The average molecular weight is 576 g/mol. The molecule has 4 N–H and O–H groups in total. The smallest absolute Gasteiger partial charge is 0.435 e. The van der Waals surface area contributed by atoms with E-state index in [2.05, 4.69) is 15.6 Å². The summed E-state index contributed by atoms with van der Waals surface area (Å²) in [6.45, 7) is 9.87. The van der Waals surface area contributed by atoms with Crippen LogP contribution in [0.2, 0.25) is 0 Å². The predicted molar refractivity (Wildman–Crippen MR) is 154 cm³/mol. The van der Waals surface area contributed by atoms with Gasteiger partial charge in [-0.25, -0.2) is 4.79 Å². The second-order valence-corrected chi connectivity index (χ2v) is 10.1. The molecule has 1 saturated heterocycles. The zero-order valence-corrected chi connectivity index (χ0v) is 24.6. The van der Waals surface area contributed by atoms with Gasteiger partial charge in [-0.1, -0.05) is 38.1 Å². The number of nitrogens with two attached hydrogens (primary N) is 1. The normalized spacial score (nSPS) is 16.0. The van der Waals surface area contributed by atoms with Crippen LogP contribution in [0.4, 0.5) is 4.79 Å². The average Bonchev–Trinajstić information content (AvgIpc) is 3.44. The Morgan fingerprint density at radius 3 is 2.46 bits per heavy atom. The van der Waals surface area contributed by atoms with Gasteiger partial charge in [0, 0.05) is 38.3 Å². The number of amides is 3. The lowest BCUT2D eigenvalue weighted by molar-refractivity contribution is -0.143. The Morgan fingerprint density at radius 2 is 1.80 bits per heavy atom. The van der Waals surface area contributed by atoms with Crippen LogP contribution < -0.4 is 16.4 Å². The molecule has 3 amide bonds. The fourth-order valence-electron chi connectivity index (χ4n) is 4.42. The minimum atomic E-state index is -0.766. The fraction of sp³-hybridized carbons (Fsp3) is 0.621. The Kier molecular flexibility index (Phi) is 14.8. The molecule has 1 aliphatic rings. The predicted octanol–water partition coefficient (Wildman–Crippen LogP) is 2.13. The van der Waals surface area contributed by atoms with Crippen LogP contribution in [0.5, 0.6) is 0 Å². The summed E-state index contributed by atoms with van der Waals surface area (Å²) in [6, 6.07) is 5.81. The Hall–Kier alpha value is -3.51. The van der Waals surface area contributed by atoms with E-state index in [0.717, 1.165) is 12.0 Å². The van der Waals surface area contributed by atoms with Gasteiger partial charge in [-0.15, -0.1) is 0 Å². The van der Waals surface area contributed by atoms with Crippen LogP contribution in [-0.2, 0) is 35.1 Å². The second-order valence-electron chi connectivity index (χ2n) is 10.1. The van der Waals surface area contributed by atoms with Crippen molar-refractivity contribution in [1.82, 2.24) is 15.5 Å². The number of ether oxygens (including phenoxy) is 3. The molecular weight excluding hydrogens is 530 g/mol. The maximum Gasteiger partial charge on any atom is 0.435 e. The van der Waals surface area contributed by atoms with E-state index in [-0.39, 0.29) is 49.9 Å². The van der Waals surface area contributed by atoms with Crippen LogP contribution in [0.15, 0.2) is 29.3 Å². The van der Waals surface area contributed by atoms with E-state index in [1.807, 2.05) is 20.8 Å². The van der Waals surface area contributed by atoms with E-state index >= 15 is 0 Å². The highest BCUT2D eigenvalue weighted by molar-refractivity contribution is 6.02. The Labute approximate surface area is 242 Å². The van der Waals surface area contributed by atoms with E-state index in [1.165, 1.54) is 0 Å². The molecule has 0 aromatic heterocycles. The standard InChI is InChI=1S/C29H45N5O7/c1-5-39-15-8-16-41-29(38)33-26(30)22-12-10-21(11-13-22)18-32-27(36)24-9-7-14-34(24)28(37)23(17-20(3)4)31-19-25(35)40-6-2/h10-13,20,23-24,31H,5-9,14-19H2,1-4H3,(H,32,36)(H2,30,33,38)/t23-,24+/m1/s1. The number of carbonyl (C=O) groups excluding carboxylic acids is 4. The summed E-state index contributed by atoms with van der Waals surface area (Å²) in [5, 5.41) is 5.94. The van der Waals surface area contributed by atoms with Crippen molar-refractivity contribution in [3.8, 4) is 0 Å². The molecule has 2 rings (SSSR count). The number of amidine groups is 1. The summed E-state index contributed by atoms with van der Waals surface area (Å²) in [6.07, 6.45) is 1.63. The lowest BCUT2D eigenvalue weighted by Crippen LogP contribution is -2.53. The lowest BCUT2D eigenvalue weighted by Gasteiger charge is -2.29. The molecule has 12 heteroatoms. The van der Waals surface area contributed by atoms with Crippen molar-refractivity contribution in [3.63, 3.8) is 0 Å². The van der Waals surface area contributed by atoms with Gasteiger partial charge >= 0.3 is 12.1 Å². The number of likely N-dealkylation sites (tertiary alicyclic amines) is 1. The quantitative estimate of drug-likeness (QED) is 0.116. The lowest BCUT2D eigenvalue weighted by atomic mass is 10.0. The van der Waals surface area contributed by atoms with E-state index in [9.17, 15) is 19.2 Å². The third kappa shape index (κ3) is 11.9. The highest BCUT2D eigenvalue weighted by Crippen LogP contribution is 2.20. The number of benzene rings is 1. The van der Waals surface area contributed by atoms with Crippen molar-refractivity contribution in [1.29, 1.82) is 0 Å². The SMILES string of the molecule is CCOCCCOC(=O)N=C(N)c1ccc(CNC(=O)[C@@H]2CCCN2C(=O)[C@@H](CC(C)C)NCC(=O)OCC)cc1. The number of aliphatic imine (C=N–C) groups is 1. The van der Waals surface area contributed by atoms with E-state index in [4.69, 9.17) is 19.9 Å². The van der Waals surface area contributed by atoms with Gasteiger partial charge in [-0.2, -0.15) is 4.99 Å². The first-order valence-electron chi connectivity index (χ1n) is 14.3. The summed E-state index contributed by atoms with van der Waals surface area (Å²) in [7, 11) is 0.